The first-order valence-electron chi connectivity index (χ1n) is 5.71. The minimum Gasteiger partial charge on any atom is -0.481 e. The maximum atomic E-state index is 10.0. The van der Waals surface area contributed by atoms with Gasteiger partial charge >= 0.3 is 5.97 Å². The molecule has 1 rings (SSSR count). The third-order valence-corrected chi connectivity index (χ3v) is 2.06. The molecule has 2 N–H and O–H groups in total. The SMILES string of the molecule is C1=NCCN1.CCCCCCCC(=O)O. The fourth-order valence-electron chi connectivity index (χ4n) is 1.20. The third-order valence-electron chi connectivity index (χ3n) is 2.06. The molecule has 1 aliphatic heterocycles. The first-order valence-corrected chi connectivity index (χ1v) is 5.71. The van der Waals surface area contributed by atoms with E-state index in [4.69, 9.17) is 5.11 Å². The maximum Gasteiger partial charge on any atom is 0.303 e. The lowest BCUT2D eigenvalue weighted by molar-refractivity contribution is -0.137. The Kier molecular flexibility index (Phi) is 10.2. The van der Waals surface area contributed by atoms with Crippen LogP contribution >= 0.6 is 0 Å². The molecule has 0 saturated carbocycles. The molecule has 4 nitrogen and oxygen atoms in total. The van der Waals surface area contributed by atoms with Crippen LogP contribution in [0.5, 0.6) is 0 Å². The predicted molar refractivity (Wildman–Crippen MR) is 62.4 cm³/mol. The van der Waals surface area contributed by atoms with E-state index in [1.165, 1.54) is 19.3 Å². The van der Waals surface area contributed by atoms with Crippen molar-refractivity contribution < 1.29 is 9.90 Å². The minimum atomic E-state index is -0.670. The lowest BCUT2D eigenvalue weighted by Crippen LogP contribution is -2.04. The Balaban J connectivity index is 0.000000322. The summed E-state index contributed by atoms with van der Waals surface area (Å²) in [6, 6.07) is 0. The summed E-state index contributed by atoms with van der Waals surface area (Å²) >= 11 is 0. The van der Waals surface area contributed by atoms with Crippen molar-refractivity contribution in [3.63, 3.8) is 0 Å². The van der Waals surface area contributed by atoms with Crippen molar-refractivity contribution >= 4 is 12.3 Å². The molecular weight excluding hydrogens is 192 g/mol. The van der Waals surface area contributed by atoms with Gasteiger partial charge in [0.05, 0.1) is 12.9 Å². The van der Waals surface area contributed by atoms with Gasteiger partial charge in [0.25, 0.3) is 0 Å². The van der Waals surface area contributed by atoms with Gasteiger partial charge in [0.15, 0.2) is 0 Å². The second kappa shape index (κ2) is 11.0. The summed E-state index contributed by atoms with van der Waals surface area (Å²) in [6.07, 6.45) is 7.62. The Morgan fingerprint density at radius 3 is 2.53 bits per heavy atom. The zero-order chi connectivity index (χ0) is 11.4. The predicted octanol–water partition coefficient (Wildman–Crippen LogP) is 2.05. The lowest BCUT2D eigenvalue weighted by atomic mass is 10.1. The summed E-state index contributed by atoms with van der Waals surface area (Å²) in [4.78, 5) is 13.9. The molecule has 1 heterocycles. The van der Waals surface area contributed by atoms with Crippen LogP contribution in [0.4, 0.5) is 0 Å². The van der Waals surface area contributed by atoms with Crippen molar-refractivity contribution in [3.8, 4) is 0 Å². The average Bonchev–Trinajstić information content (AvgIpc) is 2.75. The van der Waals surface area contributed by atoms with Crippen LogP contribution in [0, 0.1) is 0 Å². The standard InChI is InChI=1S/C8H16O2.C3H6N2/c1-2-3-4-5-6-7-8(9)10;1-2-5-3-4-1/h2-7H2,1H3,(H,9,10);3H,1-2H2,(H,4,5). The highest BCUT2D eigenvalue weighted by molar-refractivity contribution is 5.66. The van der Waals surface area contributed by atoms with Gasteiger partial charge < -0.3 is 10.4 Å². The zero-order valence-electron chi connectivity index (χ0n) is 9.54. The van der Waals surface area contributed by atoms with Gasteiger partial charge in [-0.05, 0) is 6.42 Å². The molecule has 1 aliphatic rings. The van der Waals surface area contributed by atoms with Crippen molar-refractivity contribution in [2.75, 3.05) is 13.1 Å². The van der Waals surface area contributed by atoms with Gasteiger partial charge in [-0.15, -0.1) is 0 Å². The maximum absolute atomic E-state index is 10.0. The molecule has 0 atom stereocenters. The molecule has 4 heteroatoms. The number of rotatable bonds is 6. The van der Waals surface area contributed by atoms with E-state index >= 15 is 0 Å². The number of nitrogens with zero attached hydrogens (tertiary/aromatic N) is 1. The highest BCUT2D eigenvalue weighted by atomic mass is 16.4. The van der Waals surface area contributed by atoms with Crippen molar-refractivity contribution in [1.29, 1.82) is 0 Å². The number of carboxylic acids is 1. The summed E-state index contributed by atoms with van der Waals surface area (Å²) in [5.74, 6) is -0.670. The fourth-order valence-corrected chi connectivity index (χ4v) is 1.20. The Morgan fingerprint density at radius 2 is 2.13 bits per heavy atom. The van der Waals surface area contributed by atoms with Gasteiger partial charge in [-0.3, -0.25) is 9.79 Å². The van der Waals surface area contributed by atoms with Crippen LogP contribution in [-0.4, -0.2) is 30.5 Å². The summed E-state index contributed by atoms with van der Waals surface area (Å²) in [5.41, 5.74) is 0. The summed E-state index contributed by atoms with van der Waals surface area (Å²) in [7, 11) is 0. The van der Waals surface area contributed by atoms with E-state index in [2.05, 4.69) is 17.2 Å². The van der Waals surface area contributed by atoms with Crippen LogP contribution in [0.3, 0.4) is 0 Å². The molecule has 0 unspecified atom stereocenters. The molecule has 0 amide bonds. The Bertz CT molecular complexity index is 175. The van der Waals surface area contributed by atoms with E-state index in [1.54, 1.807) is 6.34 Å². The number of aliphatic imine (C=N–C) groups is 1. The van der Waals surface area contributed by atoms with Crippen molar-refractivity contribution in [1.82, 2.24) is 5.32 Å². The highest BCUT2D eigenvalue weighted by Gasteiger charge is 1.94. The summed E-state index contributed by atoms with van der Waals surface area (Å²) in [5, 5.41) is 11.2. The van der Waals surface area contributed by atoms with Gasteiger partial charge in [0.2, 0.25) is 0 Å². The van der Waals surface area contributed by atoms with Gasteiger partial charge in [0, 0.05) is 13.0 Å². The number of unbranched alkanes of at least 4 members (excludes halogenated alkanes) is 4. The van der Waals surface area contributed by atoms with Crippen molar-refractivity contribution in [3.05, 3.63) is 0 Å². The minimum absolute atomic E-state index is 0.337. The molecule has 88 valence electrons. The normalized spacial score (nSPS) is 12.9. The van der Waals surface area contributed by atoms with E-state index in [0.29, 0.717) is 6.42 Å². The Hall–Kier alpha value is -1.06. The van der Waals surface area contributed by atoms with Gasteiger partial charge in [-0.2, -0.15) is 0 Å². The summed E-state index contributed by atoms with van der Waals surface area (Å²) in [6.45, 7) is 4.14. The number of aliphatic carboxylic acids is 1. The Morgan fingerprint density at radius 1 is 1.40 bits per heavy atom. The molecule has 0 aromatic heterocycles. The van der Waals surface area contributed by atoms with Crippen LogP contribution in [0.1, 0.15) is 45.4 Å². The van der Waals surface area contributed by atoms with E-state index in [0.717, 1.165) is 25.9 Å². The number of carboxylic acid groups (broad SMARTS) is 1. The van der Waals surface area contributed by atoms with E-state index < -0.39 is 5.97 Å². The van der Waals surface area contributed by atoms with Gasteiger partial charge in [-0.1, -0.05) is 32.6 Å². The molecule has 0 fully saturated rings. The molecule has 0 aromatic carbocycles. The molecule has 15 heavy (non-hydrogen) atoms. The number of carbonyl (C=O) groups is 1. The quantitative estimate of drug-likeness (QED) is 0.665. The first-order chi connectivity index (χ1) is 7.27. The lowest BCUT2D eigenvalue weighted by Gasteiger charge is -1.95. The summed E-state index contributed by atoms with van der Waals surface area (Å²) < 4.78 is 0. The van der Waals surface area contributed by atoms with Crippen LogP contribution in [0.25, 0.3) is 0 Å². The topological polar surface area (TPSA) is 61.7 Å². The van der Waals surface area contributed by atoms with Gasteiger partial charge in [-0.25, -0.2) is 0 Å². The van der Waals surface area contributed by atoms with E-state index in [1.807, 2.05) is 0 Å². The van der Waals surface area contributed by atoms with Crippen molar-refractivity contribution in [2.24, 2.45) is 4.99 Å². The second-order valence-corrected chi connectivity index (χ2v) is 3.55. The van der Waals surface area contributed by atoms with Crippen molar-refractivity contribution in [2.45, 2.75) is 45.4 Å². The smallest absolute Gasteiger partial charge is 0.303 e. The molecule has 0 spiro atoms. The van der Waals surface area contributed by atoms with Crippen LogP contribution in [0.2, 0.25) is 0 Å². The Labute approximate surface area is 91.8 Å². The molecule has 0 bridgehead atoms. The monoisotopic (exact) mass is 214 g/mol. The second-order valence-electron chi connectivity index (χ2n) is 3.55. The van der Waals surface area contributed by atoms with E-state index in [9.17, 15) is 4.79 Å². The van der Waals surface area contributed by atoms with Crippen LogP contribution < -0.4 is 5.32 Å². The molecule has 0 radical (unpaired) electrons. The number of hydrogen-bond donors (Lipinski definition) is 2. The molecule has 0 aliphatic carbocycles. The third kappa shape index (κ3) is 12.9. The fraction of sp³-hybridized carbons (Fsp3) is 0.818. The van der Waals surface area contributed by atoms with Crippen LogP contribution in [-0.2, 0) is 4.79 Å². The largest absolute Gasteiger partial charge is 0.481 e. The zero-order valence-corrected chi connectivity index (χ0v) is 9.54. The highest BCUT2D eigenvalue weighted by Crippen LogP contribution is 2.04. The van der Waals surface area contributed by atoms with E-state index in [-0.39, 0.29) is 0 Å². The van der Waals surface area contributed by atoms with Crippen LogP contribution in [0.15, 0.2) is 4.99 Å². The molecule has 0 aromatic rings. The van der Waals surface area contributed by atoms with Gasteiger partial charge in [0.1, 0.15) is 0 Å². The average molecular weight is 214 g/mol. The molecule has 0 saturated heterocycles. The number of hydrogen-bond acceptors (Lipinski definition) is 3. The number of nitrogens with one attached hydrogen (secondary N) is 1. The molecular formula is C11H22N2O2. The first kappa shape index (κ1) is 13.9.